The Balaban J connectivity index is 1.58. The number of amides is 2. The van der Waals surface area contributed by atoms with Crippen LogP contribution in [0.15, 0.2) is 43.0 Å². The number of likely N-dealkylation sites (tertiary alicyclic amines) is 1. The number of carbonyl (C=O) groups is 1. The van der Waals surface area contributed by atoms with Crippen LogP contribution in [0.25, 0.3) is 5.69 Å². The van der Waals surface area contributed by atoms with Crippen LogP contribution in [-0.2, 0) is 0 Å². The predicted octanol–water partition coefficient (Wildman–Crippen LogP) is 2.18. The molecule has 26 heavy (non-hydrogen) atoms. The van der Waals surface area contributed by atoms with Crippen LogP contribution >= 0.6 is 0 Å². The summed E-state index contributed by atoms with van der Waals surface area (Å²) in [5.41, 5.74) is 1.03. The molecule has 2 N–H and O–H groups in total. The number of nitrogens with one attached hydrogen (secondary N) is 1. The number of aromatic nitrogens is 2. The Morgan fingerprint density at radius 1 is 1.27 bits per heavy atom. The lowest BCUT2D eigenvalue weighted by Crippen LogP contribution is -2.42. The van der Waals surface area contributed by atoms with Crippen molar-refractivity contribution in [3.8, 4) is 5.69 Å². The molecule has 0 spiro atoms. The van der Waals surface area contributed by atoms with Crippen LogP contribution in [-0.4, -0.2) is 69.8 Å². The second-order valence-corrected chi connectivity index (χ2v) is 7.25. The maximum atomic E-state index is 12.6. The highest BCUT2D eigenvalue weighted by molar-refractivity contribution is 5.89. The van der Waals surface area contributed by atoms with Crippen molar-refractivity contribution in [2.75, 3.05) is 39.0 Å². The summed E-state index contributed by atoms with van der Waals surface area (Å²) in [5, 5.41) is 13.7. The number of nitrogens with zero attached hydrogens (tertiary/aromatic N) is 4. The van der Waals surface area contributed by atoms with Crippen molar-refractivity contribution in [2.45, 2.75) is 24.9 Å². The van der Waals surface area contributed by atoms with Crippen molar-refractivity contribution >= 4 is 11.7 Å². The zero-order chi connectivity index (χ0) is 18.6. The first-order chi connectivity index (χ1) is 12.5. The van der Waals surface area contributed by atoms with Gasteiger partial charge < -0.3 is 24.8 Å². The van der Waals surface area contributed by atoms with Crippen molar-refractivity contribution in [1.82, 2.24) is 19.4 Å². The lowest BCUT2D eigenvalue weighted by molar-refractivity contribution is 0.00361. The number of urea groups is 1. The van der Waals surface area contributed by atoms with Gasteiger partial charge in [-0.3, -0.25) is 0 Å². The van der Waals surface area contributed by atoms with Crippen LogP contribution in [0.3, 0.4) is 0 Å². The Bertz CT molecular complexity index is 714. The van der Waals surface area contributed by atoms with Gasteiger partial charge in [-0.05, 0) is 57.6 Å². The third-order valence-electron chi connectivity index (χ3n) is 4.74. The number of aliphatic hydroxyl groups is 1. The Morgan fingerprint density at radius 2 is 2.04 bits per heavy atom. The molecule has 0 unspecified atom stereocenters. The zero-order valence-corrected chi connectivity index (χ0v) is 15.4. The van der Waals surface area contributed by atoms with Gasteiger partial charge in [-0.25, -0.2) is 9.78 Å². The van der Waals surface area contributed by atoms with Crippen molar-refractivity contribution < 1.29 is 9.90 Å². The summed E-state index contributed by atoms with van der Waals surface area (Å²) < 4.78 is 1.91. The van der Waals surface area contributed by atoms with E-state index in [0.717, 1.165) is 17.8 Å². The third kappa shape index (κ3) is 4.62. The van der Waals surface area contributed by atoms with Gasteiger partial charge in [-0.15, -0.1) is 0 Å². The van der Waals surface area contributed by atoms with Crippen molar-refractivity contribution in [1.29, 1.82) is 0 Å². The van der Waals surface area contributed by atoms with Gasteiger partial charge in [0.1, 0.15) is 0 Å². The van der Waals surface area contributed by atoms with Crippen LogP contribution in [0.5, 0.6) is 0 Å². The van der Waals surface area contributed by atoms with E-state index in [1.54, 1.807) is 17.4 Å². The summed E-state index contributed by atoms with van der Waals surface area (Å²) in [7, 11) is 3.92. The van der Waals surface area contributed by atoms with Gasteiger partial charge in [-0.1, -0.05) is 0 Å². The molecule has 1 aromatic carbocycles. The number of carbonyl (C=O) groups excluding carboxylic acids is 1. The molecule has 0 aliphatic carbocycles. The highest BCUT2D eigenvalue weighted by Crippen LogP contribution is 2.23. The largest absolute Gasteiger partial charge is 0.388 e. The fourth-order valence-corrected chi connectivity index (χ4v) is 3.46. The molecule has 3 rings (SSSR count). The summed E-state index contributed by atoms with van der Waals surface area (Å²) >= 11 is 0. The maximum absolute atomic E-state index is 12.6. The number of benzene rings is 1. The summed E-state index contributed by atoms with van der Waals surface area (Å²) in [5.74, 6) is 0. The van der Waals surface area contributed by atoms with Crippen LogP contribution in [0, 0.1) is 0 Å². The standard InChI is InChI=1S/C19H27N5O2/c1-22(2)14-19(26)8-3-11-23(12-9-19)18(25)21-16-4-6-17(7-5-16)24-13-10-20-15-24/h4-7,10,13,15,26H,3,8-9,11-12,14H2,1-2H3,(H,21,25)/t19-/m0/s1. The normalized spacial score (nSPS) is 20.8. The molecule has 1 atom stereocenters. The van der Waals surface area contributed by atoms with Crippen LogP contribution < -0.4 is 5.32 Å². The molecule has 1 aromatic heterocycles. The smallest absolute Gasteiger partial charge is 0.321 e. The first-order valence-corrected chi connectivity index (χ1v) is 8.97. The van der Waals surface area contributed by atoms with Gasteiger partial charge >= 0.3 is 6.03 Å². The first kappa shape index (κ1) is 18.4. The van der Waals surface area contributed by atoms with Crippen molar-refractivity contribution in [2.24, 2.45) is 0 Å². The summed E-state index contributed by atoms with van der Waals surface area (Å²) in [6.07, 6.45) is 7.45. The Kier molecular flexibility index (Phi) is 5.58. The van der Waals surface area contributed by atoms with Gasteiger partial charge in [0.25, 0.3) is 0 Å². The summed E-state index contributed by atoms with van der Waals surface area (Å²) in [6.45, 7) is 1.84. The van der Waals surface area contributed by atoms with E-state index in [0.29, 0.717) is 32.5 Å². The number of imidazole rings is 1. The minimum Gasteiger partial charge on any atom is -0.388 e. The second-order valence-electron chi connectivity index (χ2n) is 7.25. The summed E-state index contributed by atoms with van der Waals surface area (Å²) in [6, 6.07) is 7.53. The van der Waals surface area contributed by atoms with E-state index in [-0.39, 0.29) is 6.03 Å². The lowest BCUT2D eigenvalue weighted by atomic mass is 9.94. The molecule has 1 aliphatic heterocycles. The monoisotopic (exact) mass is 357 g/mol. The van der Waals surface area contributed by atoms with Crippen LogP contribution in [0.4, 0.5) is 10.5 Å². The number of likely N-dealkylation sites (N-methyl/N-ethyl adjacent to an activating group) is 1. The topological polar surface area (TPSA) is 73.6 Å². The van der Waals surface area contributed by atoms with Crippen LogP contribution in [0.1, 0.15) is 19.3 Å². The fraction of sp³-hybridized carbons (Fsp3) is 0.474. The minimum atomic E-state index is -0.717. The molecule has 1 saturated heterocycles. The molecule has 2 amide bonds. The third-order valence-corrected chi connectivity index (χ3v) is 4.74. The second kappa shape index (κ2) is 7.88. The predicted molar refractivity (Wildman–Crippen MR) is 102 cm³/mol. The lowest BCUT2D eigenvalue weighted by Gasteiger charge is -2.29. The van der Waals surface area contributed by atoms with E-state index >= 15 is 0 Å². The molecule has 2 aromatic rings. The number of hydrogen-bond acceptors (Lipinski definition) is 4. The molecule has 0 radical (unpaired) electrons. The van der Waals surface area contributed by atoms with E-state index in [1.807, 2.05) is 54.0 Å². The highest BCUT2D eigenvalue weighted by Gasteiger charge is 2.31. The van der Waals surface area contributed by atoms with E-state index in [1.165, 1.54) is 0 Å². The molecule has 0 bridgehead atoms. The number of hydrogen-bond donors (Lipinski definition) is 2. The molecule has 7 heteroatoms. The molecular formula is C19H27N5O2. The Hall–Kier alpha value is -2.38. The zero-order valence-electron chi connectivity index (χ0n) is 15.4. The summed E-state index contributed by atoms with van der Waals surface area (Å²) in [4.78, 5) is 20.4. The average molecular weight is 357 g/mol. The first-order valence-electron chi connectivity index (χ1n) is 8.97. The van der Waals surface area contributed by atoms with Gasteiger partial charge in [0.15, 0.2) is 0 Å². The van der Waals surface area contributed by atoms with Gasteiger partial charge in [0, 0.05) is 43.4 Å². The van der Waals surface area contributed by atoms with Gasteiger partial charge in [-0.2, -0.15) is 0 Å². The van der Waals surface area contributed by atoms with Gasteiger partial charge in [0.2, 0.25) is 0 Å². The van der Waals surface area contributed by atoms with E-state index in [2.05, 4.69) is 10.3 Å². The SMILES string of the molecule is CN(C)C[C@]1(O)CCCN(C(=O)Nc2ccc(-n3ccnc3)cc2)CC1. The average Bonchev–Trinajstić information content (AvgIpc) is 3.05. The Morgan fingerprint density at radius 3 is 2.69 bits per heavy atom. The molecule has 0 saturated carbocycles. The van der Waals surface area contributed by atoms with Gasteiger partial charge in [0.05, 0.1) is 11.9 Å². The molecule has 140 valence electrons. The fourth-order valence-electron chi connectivity index (χ4n) is 3.46. The van der Waals surface area contributed by atoms with E-state index < -0.39 is 5.60 Å². The molecule has 7 nitrogen and oxygen atoms in total. The molecule has 1 fully saturated rings. The highest BCUT2D eigenvalue weighted by atomic mass is 16.3. The van der Waals surface area contributed by atoms with Crippen molar-refractivity contribution in [3.05, 3.63) is 43.0 Å². The molecular weight excluding hydrogens is 330 g/mol. The molecule has 2 heterocycles. The van der Waals surface area contributed by atoms with E-state index in [4.69, 9.17) is 0 Å². The number of anilines is 1. The van der Waals surface area contributed by atoms with E-state index in [9.17, 15) is 9.90 Å². The maximum Gasteiger partial charge on any atom is 0.321 e. The van der Waals surface area contributed by atoms with Crippen LogP contribution in [0.2, 0.25) is 0 Å². The quantitative estimate of drug-likeness (QED) is 0.880. The number of rotatable bonds is 4. The Labute approximate surface area is 154 Å². The van der Waals surface area contributed by atoms with Crippen molar-refractivity contribution in [3.63, 3.8) is 0 Å². The minimum absolute atomic E-state index is 0.116. The molecule has 1 aliphatic rings.